The molecule has 2 N–H and O–H groups in total. The molecule has 0 radical (unpaired) electrons. The van der Waals surface area contributed by atoms with Gasteiger partial charge in [0.25, 0.3) is 17.4 Å². The molecule has 31 heavy (non-hydrogen) atoms. The number of aromatic nitrogens is 2. The second-order valence-electron chi connectivity index (χ2n) is 7.25. The van der Waals surface area contributed by atoms with Gasteiger partial charge in [-0.05, 0) is 48.8 Å². The predicted molar refractivity (Wildman–Crippen MR) is 124 cm³/mol. The summed E-state index contributed by atoms with van der Waals surface area (Å²) in [5.74, 6) is -0.836. The number of hydrogen-bond acceptors (Lipinski definition) is 7. The van der Waals surface area contributed by atoms with E-state index in [1.54, 1.807) is 11.3 Å². The maximum Gasteiger partial charge on any atom is 0.279 e. The fraction of sp³-hybridized carbons (Fsp3) is 0.238. The molecule has 1 aliphatic rings. The summed E-state index contributed by atoms with van der Waals surface area (Å²) in [6.07, 6.45) is 5.67. The number of nitrogens with one attached hydrogen (secondary N) is 2. The van der Waals surface area contributed by atoms with Crippen molar-refractivity contribution >= 4 is 56.0 Å². The molecule has 0 fully saturated rings. The number of amides is 2. The third kappa shape index (κ3) is 3.93. The lowest BCUT2D eigenvalue weighted by atomic mass is 9.99. The second kappa shape index (κ2) is 8.37. The fourth-order valence-electron chi connectivity index (χ4n) is 3.68. The molecule has 0 saturated heterocycles. The van der Waals surface area contributed by atoms with Crippen LogP contribution in [-0.2, 0) is 24.2 Å². The molecule has 2 amide bonds. The summed E-state index contributed by atoms with van der Waals surface area (Å²) in [6.45, 7) is -0.233. The van der Waals surface area contributed by atoms with E-state index in [1.165, 1.54) is 44.0 Å². The van der Waals surface area contributed by atoms with Gasteiger partial charge in [-0.15, -0.1) is 34.0 Å². The van der Waals surface area contributed by atoms with Crippen LogP contribution in [0.3, 0.4) is 0 Å². The van der Waals surface area contributed by atoms with Gasteiger partial charge in [-0.2, -0.15) is 0 Å². The normalized spacial score (nSPS) is 13.2. The largest absolute Gasteiger partial charge is 0.289 e. The highest BCUT2D eigenvalue weighted by molar-refractivity contribution is 7.18. The van der Waals surface area contributed by atoms with Crippen molar-refractivity contribution in [2.24, 2.45) is 0 Å². The molecule has 4 aromatic heterocycles. The summed E-state index contributed by atoms with van der Waals surface area (Å²) in [5, 5.41) is 4.38. The number of fused-ring (bicyclic) bond motifs is 2. The lowest BCUT2D eigenvalue weighted by Crippen LogP contribution is -2.44. The first-order valence-electron chi connectivity index (χ1n) is 9.81. The third-order valence-electron chi connectivity index (χ3n) is 5.20. The number of rotatable bonds is 4. The minimum Gasteiger partial charge on any atom is -0.289 e. The molecule has 0 atom stereocenters. The molecule has 10 heteroatoms. The highest BCUT2D eigenvalue weighted by Crippen LogP contribution is 2.33. The van der Waals surface area contributed by atoms with Crippen LogP contribution in [0, 0.1) is 0 Å². The number of carbonyl (C=O) groups excluding carboxylic acids is 2. The van der Waals surface area contributed by atoms with E-state index >= 15 is 0 Å². The Labute approximate surface area is 189 Å². The van der Waals surface area contributed by atoms with Crippen LogP contribution >= 0.6 is 34.0 Å². The number of carbonyl (C=O) groups is 2. The maximum absolute atomic E-state index is 13.0. The maximum atomic E-state index is 13.0. The molecule has 0 saturated carbocycles. The average molecular weight is 471 g/mol. The molecule has 1 aliphatic carbocycles. The summed E-state index contributed by atoms with van der Waals surface area (Å²) >= 11 is 4.43. The van der Waals surface area contributed by atoms with Crippen molar-refractivity contribution < 1.29 is 9.59 Å². The molecule has 5 rings (SSSR count). The Kier molecular flexibility index (Phi) is 5.43. The number of hydrogen-bond donors (Lipinski definition) is 2. The Morgan fingerprint density at radius 1 is 1.16 bits per heavy atom. The van der Waals surface area contributed by atoms with Crippen LogP contribution < -0.4 is 16.4 Å². The lowest BCUT2D eigenvalue weighted by Gasteiger charge is -2.08. The molecule has 0 bridgehead atoms. The van der Waals surface area contributed by atoms with Crippen LogP contribution in [-0.4, -0.2) is 21.4 Å². The van der Waals surface area contributed by atoms with E-state index in [-0.39, 0.29) is 18.0 Å². The molecule has 4 aromatic rings. The first-order valence-corrected chi connectivity index (χ1v) is 12.4. The highest BCUT2D eigenvalue weighted by atomic mass is 32.1. The van der Waals surface area contributed by atoms with Gasteiger partial charge in [0.2, 0.25) is 0 Å². The summed E-state index contributed by atoms with van der Waals surface area (Å²) < 4.78 is 1.26. The van der Waals surface area contributed by atoms with Crippen LogP contribution in [0.2, 0.25) is 0 Å². The van der Waals surface area contributed by atoms with E-state index in [1.807, 2.05) is 29.0 Å². The van der Waals surface area contributed by atoms with Gasteiger partial charge >= 0.3 is 0 Å². The number of nitrogens with zero attached hydrogens (tertiary/aromatic N) is 2. The van der Waals surface area contributed by atoms with Crippen LogP contribution in [0.15, 0.2) is 40.1 Å². The molecule has 0 spiro atoms. The Balaban J connectivity index is 1.29. The minimum absolute atomic E-state index is 0.233. The van der Waals surface area contributed by atoms with E-state index in [0.29, 0.717) is 15.1 Å². The molecule has 0 aromatic carbocycles. The van der Waals surface area contributed by atoms with Gasteiger partial charge in [-0.3, -0.25) is 29.8 Å². The zero-order chi connectivity index (χ0) is 21.4. The summed E-state index contributed by atoms with van der Waals surface area (Å²) in [5.41, 5.74) is 6.65. The standard InChI is InChI=1S/C21H18N4O3S3/c26-17(23-24-19(27)16-8-12-4-1-2-5-14(12)31-16)9-25-11-22-20-18(21(25)28)13(10-30-20)15-6-3-7-29-15/h3,6-8,10-11H,1-2,4-5,9H2,(H,23,26)(H,24,27). The van der Waals surface area contributed by atoms with Gasteiger partial charge in [0.1, 0.15) is 11.4 Å². The molecular weight excluding hydrogens is 452 g/mol. The molecule has 0 aliphatic heterocycles. The van der Waals surface area contributed by atoms with Crippen molar-refractivity contribution in [2.75, 3.05) is 0 Å². The Morgan fingerprint density at radius 2 is 2.03 bits per heavy atom. The summed E-state index contributed by atoms with van der Waals surface area (Å²) in [4.78, 5) is 45.6. The zero-order valence-electron chi connectivity index (χ0n) is 16.3. The molecule has 158 valence electrons. The van der Waals surface area contributed by atoms with Crippen molar-refractivity contribution in [3.8, 4) is 10.4 Å². The average Bonchev–Trinajstić information content (AvgIpc) is 3.52. The molecule has 7 nitrogen and oxygen atoms in total. The van der Waals surface area contributed by atoms with Crippen LogP contribution in [0.25, 0.3) is 20.7 Å². The van der Waals surface area contributed by atoms with E-state index in [2.05, 4.69) is 15.8 Å². The van der Waals surface area contributed by atoms with Crippen molar-refractivity contribution in [3.05, 3.63) is 61.0 Å². The second-order valence-corrected chi connectivity index (χ2v) is 10.2. The number of aryl methyl sites for hydroxylation is 2. The molecule has 0 unspecified atom stereocenters. The molecule has 4 heterocycles. The Morgan fingerprint density at radius 3 is 2.84 bits per heavy atom. The van der Waals surface area contributed by atoms with Crippen LogP contribution in [0.5, 0.6) is 0 Å². The van der Waals surface area contributed by atoms with Gasteiger partial charge in [0, 0.05) is 20.7 Å². The van der Waals surface area contributed by atoms with Gasteiger partial charge in [-0.1, -0.05) is 6.07 Å². The van der Waals surface area contributed by atoms with E-state index < -0.39 is 5.91 Å². The lowest BCUT2D eigenvalue weighted by molar-refractivity contribution is -0.122. The van der Waals surface area contributed by atoms with Crippen LogP contribution in [0.4, 0.5) is 0 Å². The number of hydrazine groups is 1. The van der Waals surface area contributed by atoms with Gasteiger partial charge < -0.3 is 0 Å². The summed E-state index contributed by atoms with van der Waals surface area (Å²) in [6, 6.07) is 5.79. The van der Waals surface area contributed by atoms with E-state index in [9.17, 15) is 14.4 Å². The third-order valence-corrected chi connectivity index (χ3v) is 8.22. The van der Waals surface area contributed by atoms with Crippen molar-refractivity contribution in [2.45, 2.75) is 32.2 Å². The van der Waals surface area contributed by atoms with Gasteiger partial charge in [-0.25, -0.2) is 4.98 Å². The summed E-state index contributed by atoms with van der Waals surface area (Å²) in [7, 11) is 0. The topological polar surface area (TPSA) is 93.1 Å². The Hall–Kier alpha value is -2.82. The minimum atomic E-state index is -0.495. The highest BCUT2D eigenvalue weighted by Gasteiger charge is 2.18. The zero-order valence-corrected chi connectivity index (χ0v) is 18.8. The smallest absolute Gasteiger partial charge is 0.279 e. The Bertz CT molecular complexity index is 1310. The van der Waals surface area contributed by atoms with Crippen molar-refractivity contribution in [1.82, 2.24) is 20.4 Å². The van der Waals surface area contributed by atoms with Gasteiger partial charge in [0.05, 0.1) is 16.6 Å². The monoisotopic (exact) mass is 470 g/mol. The van der Waals surface area contributed by atoms with Crippen molar-refractivity contribution in [1.29, 1.82) is 0 Å². The SMILES string of the molecule is O=C(Cn1cnc2scc(-c3cccs3)c2c1=O)NNC(=O)c1cc2c(s1)CCCC2. The quantitative estimate of drug-likeness (QED) is 0.446. The first-order chi connectivity index (χ1) is 15.1. The fourth-order valence-corrected chi connectivity index (χ4v) is 6.55. The van der Waals surface area contributed by atoms with Crippen molar-refractivity contribution in [3.63, 3.8) is 0 Å². The number of thiophene rings is 3. The first kappa shape index (κ1) is 20.1. The van der Waals surface area contributed by atoms with E-state index in [4.69, 9.17) is 0 Å². The van der Waals surface area contributed by atoms with Crippen LogP contribution in [0.1, 0.15) is 33.0 Å². The predicted octanol–water partition coefficient (Wildman–Crippen LogP) is 3.59. The van der Waals surface area contributed by atoms with E-state index in [0.717, 1.165) is 36.1 Å². The molecular formula is C21H18N4O3S3. The van der Waals surface area contributed by atoms with Gasteiger partial charge in [0.15, 0.2) is 0 Å².